The molecule has 0 atom stereocenters. The van der Waals surface area contributed by atoms with E-state index in [1.807, 2.05) is 18.2 Å². The zero-order chi connectivity index (χ0) is 13.5. The second-order valence-corrected chi connectivity index (χ2v) is 4.66. The molecule has 0 spiro atoms. The van der Waals surface area contributed by atoms with Crippen molar-refractivity contribution >= 4 is 5.97 Å². The van der Waals surface area contributed by atoms with Gasteiger partial charge in [-0.15, -0.1) is 0 Å². The highest BCUT2D eigenvalue weighted by molar-refractivity contribution is 5.84. The lowest BCUT2D eigenvalue weighted by molar-refractivity contribution is -0.140. The van der Waals surface area contributed by atoms with Gasteiger partial charge in [0.25, 0.3) is 0 Å². The number of rotatable bonds is 4. The maximum atomic E-state index is 11.2. The number of nitrogens with zero attached hydrogens (tertiary/aromatic N) is 1. The zero-order valence-corrected chi connectivity index (χ0v) is 10.4. The molecule has 1 N–H and O–H groups in total. The molecule has 1 heterocycles. The lowest BCUT2D eigenvalue weighted by Gasteiger charge is -2.03. The van der Waals surface area contributed by atoms with E-state index in [9.17, 15) is 9.90 Å². The quantitative estimate of drug-likeness (QED) is 0.913. The van der Waals surface area contributed by atoms with Crippen molar-refractivity contribution in [2.24, 2.45) is 0 Å². The molecule has 3 rings (SSSR count). The fourth-order valence-electron chi connectivity index (χ4n) is 2.09. The second-order valence-electron chi connectivity index (χ2n) is 4.66. The molecule has 5 nitrogen and oxygen atoms in total. The summed E-state index contributed by atoms with van der Waals surface area (Å²) in [6.07, 6.45) is 2.68. The number of oxazole rings is 1. The van der Waals surface area contributed by atoms with Gasteiger partial charge in [-0.25, -0.2) is 4.98 Å². The fourth-order valence-corrected chi connectivity index (χ4v) is 2.09. The van der Waals surface area contributed by atoms with E-state index >= 15 is 0 Å². The van der Waals surface area contributed by atoms with Crippen LogP contribution in [0.25, 0.3) is 11.5 Å². The summed E-state index contributed by atoms with van der Waals surface area (Å²) in [6, 6.07) is 7.31. The minimum absolute atomic E-state index is 0.418. The van der Waals surface area contributed by atoms with Crippen molar-refractivity contribution in [3.8, 4) is 17.2 Å². The monoisotopic (exact) mass is 259 g/mol. The van der Waals surface area contributed by atoms with E-state index in [-0.39, 0.29) is 0 Å². The van der Waals surface area contributed by atoms with Crippen molar-refractivity contribution in [2.45, 2.75) is 18.3 Å². The molecule has 0 saturated heterocycles. The molecule has 1 aliphatic rings. The summed E-state index contributed by atoms with van der Waals surface area (Å²) in [4.78, 5) is 15.5. The first-order valence-electron chi connectivity index (χ1n) is 5.99. The average Bonchev–Trinajstić information content (AvgIpc) is 3.10. The van der Waals surface area contributed by atoms with Gasteiger partial charge < -0.3 is 14.3 Å². The number of aliphatic carboxylic acids is 1. The molecule has 0 aliphatic heterocycles. The molecule has 0 radical (unpaired) electrons. The molecule has 5 heteroatoms. The number of carboxylic acid groups (broad SMARTS) is 1. The summed E-state index contributed by atoms with van der Waals surface area (Å²) in [5.41, 5.74) is 0.435. The summed E-state index contributed by atoms with van der Waals surface area (Å²) < 4.78 is 10.5. The largest absolute Gasteiger partial charge is 0.497 e. The number of ether oxygens (including phenoxy) is 1. The first kappa shape index (κ1) is 11.8. The third-order valence-electron chi connectivity index (χ3n) is 3.47. The van der Waals surface area contributed by atoms with E-state index in [1.165, 1.54) is 6.26 Å². The van der Waals surface area contributed by atoms with Gasteiger partial charge in [0.05, 0.1) is 12.8 Å². The van der Waals surface area contributed by atoms with Crippen LogP contribution >= 0.6 is 0 Å². The molecule has 1 fully saturated rings. The first-order valence-corrected chi connectivity index (χ1v) is 5.99. The van der Waals surface area contributed by atoms with Gasteiger partial charge in [-0.05, 0) is 31.0 Å². The molecule has 19 heavy (non-hydrogen) atoms. The Kier molecular flexibility index (Phi) is 2.55. The number of carbonyl (C=O) groups is 1. The van der Waals surface area contributed by atoms with Crippen LogP contribution in [0.2, 0.25) is 0 Å². The summed E-state index contributed by atoms with van der Waals surface area (Å²) in [5.74, 6) is 0.288. The summed E-state index contributed by atoms with van der Waals surface area (Å²) >= 11 is 0. The molecule has 1 aliphatic carbocycles. The Bertz CT molecular complexity index is 628. The maximum Gasteiger partial charge on any atom is 0.315 e. The topological polar surface area (TPSA) is 72.6 Å². The van der Waals surface area contributed by atoms with Crippen molar-refractivity contribution in [1.82, 2.24) is 4.98 Å². The highest BCUT2D eigenvalue weighted by Crippen LogP contribution is 2.48. The van der Waals surface area contributed by atoms with Crippen LogP contribution in [0.1, 0.15) is 18.5 Å². The van der Waals surface area contributed by atoms with Gasteiger partial charge in [-0.3, -0.25) is 4.79 Å². The Morgan fingerprint density at radius 3 is 2.89 bits per heavy atom. The molecule has 0 unspecified atom stereocenters. The fraction of sp³-hybridized carbons (Fsp3) is 0.286. The van der Waals surface area contributed by atoms with Gasteiger partial charge in [0.2, 0.25) is 5.89 Å². The van der Waals surface area contributed by atoms with Gasteiger partial charge in [0.15, 0.2) is 0 Å². The first-order chi connectivity index (χ1) is 9.15. The summed E-state index contributed by atoms with van der Waals surface area (Å²) in [6.45, 7) is 0. The summed E-state index contributed by atoms with van der Waals surface area (Å²) in [7, 11) is 1.59. The van der Waals surface area contributed by atoms with Crippen molar-refractivity contribution in [3.63, 3.8) is 0 Å². The third-order valence-corrected chi connectivity index (χ3v) is 3.47. The highest BCUT2D eigenvalue weighted by Gasteiger charge is 2.54. The molecule has 0 amide bonds. The Hall–Kier alpha value is -2.30. The van der Waals surface area contributed by atoms with Crippen LogP contribution in [0, 0.1) is 0 Å². The third kappa shape index (κ3) is 1.87. The molecular weight excluding hydrogens is 246 g/mol. The Morgan fingerprint density at radius 1 is 1.47 bits per heavy atom. The van der Waals surface area contributed by atoms with Crippen LogP contribution in [0.3, 0.4) is 0 Å². The van der Waals surface area contributed by atoms with E-state index in [0.29, 0.717) is 30.2 Å². The molecule has 1 aromatic heterocycles. The van der Waals surface area contributed by atoms with Crippen LogP contribution in [0.15, 0.2) is 34.9 Å². The van der Waals surface area contributed by atoms with Crippen LogP contribution in [-0.4, -0.2) is 23.2 Å². The minimum atomic E-state index is -0.835. The van der Waals surface area contributed by atoms with E-state index in [2.05, 4.69) is 4.98 Å². The van der Waals surface area contributed by atoms with Gasteiger partial charge in [0.1, 0.15) is 17.4 Å². The normalized spacial score (nSPS) is 16.1. The number of hydrogen-bond acceptors (Lipinski definition) is 4. The number of aromatic nitrogens is 1. The maximum absolute atomic E-state index is 11.2. The molecule has 1 aromatic carbocycles. The predicted octanol–water partition coefficient (Wildman–Crippen LogP) is 2.47. The van der Waals surface area contributed by atoms with Crippen molar-refractivity contribution in [1.29, 1.82) is 0 Å². The highest BCUT2D eigenvalue weighted by atomic mass is 16.5. The Balaban J connectivity index is 1.95. The number of methoxy groups -OCH3 is 1. The molecule has 2 aromatic rings. The lowest BCUT2D eigenvalue weighted by Crippen LogP contribution is -2.19. The van der Waals surface area contributed by atoms with Crippen molar-refractivity contribution < 1.29 is 19.1 Å². The van der Waals surface area contributed by atoms with E-state index in [4.69, 9.17) is 9.15 Å². The lowest BCUT2D eigenvalue weighted by atomic mass is 10.0. The van der Waals surface area contributed by atoms with Gasteiger partial charge in [-0.1, -0.05) is 6.07 Å². The van der Waals surface area contributed by atoms with Gasteiger partial charge >= 0.3 is 5.97 Å². The Labute approximate surface area is 109 Å². The smallest absolute Gasteiger partial charge is 0.315 e. The molecular formula is C14H13NO4. The molecule has 0 bridgehead atoms. The minimum Gasteiger partial charge on any atom is -0.497 e. The number of hydrogen-bond donors (Lipinski definition) is 1. The zero-order valence-electron chi connectivity index (χ0n) is 10.4. The van der Waals surface area contributed by atoms with Crippen molar-refractivity contribution in [3.05, 3.63) is 36.2 Å². The number of benzene rings is 1. The predicted molar refractivity (Wildman–Crippen MR) is 67.0 cm³/mol. The van der Waals surface area contributed by atoms with Gasteiger partial charge in [0, 0.05) is 5.56 Å². The van der Waals surface area contributed by atoms with Crippen LogP contribution in [0.5, 0.6) is 5.75 Å². The van der Waals surface area contributed by atoms with Crippen LogP contribution < -0.4 is 4.74 Å². The molecule has 1 saturated carbocycles. The number of carboxylic acids is 1. The van der Waals surface area contributed by atoms with Crippen molar-refractivity contribution in [2.75, 3.05) is 7.11 Å². The van der Waals surface area contributed by atoms with E-state index in [0.717, 1.165) is 5.56 Å². The summed E-state index contributed by atoms with van der Waals surface area (Å²) in [5, 5.41) is 9.22. The second kappa shape index (κ2) is 4.12. The van der Waals surface area contributed by atoms with Crippen LogP contribution in [-0.2, 0) is 10.2 Å². The van der Waals surface area contributed by atoms with Crippen LogP contribution in [0.4, 0.5) is 0 Å². The SMILES string of the molecule is COc1cccc(-c2nc(C3(C(=O)O)CC3)co2)c1. The van der Waals surface area contributed by atoms with E-state index in [1.54, 1.807) is 13.2 Å². The van der Waals surface area contributed by atoms with Gasteiger partial charge in [-0.2, -0.15) is 0 Å². The van der Waals surface area contributed by atoms with E-state index < -0.39 is 11.4 Å². The average molecular weight is 259 g/mol. The standard InChI is InChI=1S/C14H13NO4/c1-18-10-4-2-3-9(7-10)12-15-11(8-19-12)14(5-6-14)13(16)17/h2-4,7-8H,5-6H2,1H3,(H,16,17). The molecule has 98 valence electrons. The Morgan fingerprint density at radius 2 is 2.26 bits per heavy atom.